The molecule has 0 amide bonds. The van der Waals surface area contributed by atoms with Crippen molar-refractivity contribution in [3.05, 3.63) is 11.1 Å². The molecule has 2 N–H and O–H groups in total. The van der Waals surface area contributed by atoms with Crippen LogP contribution >= 0.6 is 11.3 Å². The van der Waals surface area contributed by atoms with E-state index in [0.29, 0.717) is 11.2 Å². The predicted molar refractivity (Wildman–Crippen MR) is 68.8 cm³/mol. The quantitative estimate of drug-likeness (QED) is 0.790. The van der Waals surface area contributed by atoms with Gasteiger partial charge in [0.1, 0.15) is 0 Å². The van der Waals surface area contributed by atoms with Crippen LogP contribution < -0.4 is 5.73 Å². The van der Waals surface area contributed by atoms with E-state index in [9.17, 15) is 0 Å². The van der Waals surface area contributed by atoms with E-state index in [-0.39, 0.29) is 0 Å². The average Bonchev–Trinajstić information content (AvgIpc) is 2.64. The molecule has 5 heteroatoms. The Hall–Kier alpha value is -0.650. The highest BCUT2D eigenvalue weighted by Gasteiger charge is 2.09. The molecule has 1 aromatic heterocycles. The standard InChI is InChI=1S/C11H21N3OS/c1-9(2)14(6-7-15-3)5-4-10-8-16-11(12)13-10/h8-9H,4-7H2,1-3H3,(H2,12,13). The van der Waals surface area contributed by atoms with E-state index in [2.05, 4.69) is 23.7 Å². The molecule has 0 unspecified atom stereocenters. The van der Waals surface area contributed by atoms with Crippen LogP contribution in [0, 0.1) is 0 Å². The molecule has 92 valence electrons. The first-order valence-corrected chi connectivity index (χ1v) is 6.44. The fourth-order valence-electron chi connectivity index (χ4n) is 1.53. The largest absolute Gasteiger partial charge is 0.383 e. The van der Waals surface area contributed by atoms with Crippen molar-refractivity contribution < 1.29 is 4.74 Å². The maximum absolute atomic E-state index is 5.60. The number of ether oxygens (including phenoxy) is 1. The highest BCUT2D eigenvalue weighted by Crippen LogP contribution is 2.12. The minimum absolute atomic E-state index is 0.533. The van der Waals surface area contributed by atoms with Gasteiger partial charge < -0.3 is 10.5 Å². The van der Waals surface area contributed by atoms with Gasteiger partial charge in [-0.25, -0.2) is 4.98 Å². The highest BCUT2D eigenvalue weighted by atomic mass is 32.1. The summed E-state index contributed by atoms with van der Waals surface area (Å²) in [6.45, 7) is 7.14. The summed E-state index contributed by atoms with van der Waals surface area (Å²) in [6.07, 6.45) is 0.954. The number of aromatic nitrogens is 1. The van der Waals surface area contributed by atoms with Gasteiger partial charge in [0.15, 0.2) is 5.13 Å². The van der Waals surface area contributed by atoms with Crippen molar-refractivity contribution in [3.63, 3.8) is 0 Å². The second-order valence-corrected chi connectivity index (χ2v) is 4.94. The van der Waals surface area contributed by atoms with Crippen LogP contribution in [-0.4, -0.2) is 42.7 Å². The Morgan fingerprint density at radius 2 is 2.25 bits per heavy atom. The summed E-state index contributed by atoms with van der Waals surface area (Å²) in [7, 11) is 1.74. The van der Waals surface area contributed by atoms with E-state index < -0.39 is 0 Å². The van der Waals surface area contributed by atoms with Crippen molar-refractivity contribution in [3.8, 4) is 0 Å². The molecule has 0 bridgehead atoms. The molecule has 1 aromatic rings. The van der Waals surface area contributed by atoms with Gasteiger partial charge in [-0.05, 0) is 13.8 Å². The van der Waals surface area contributed by atoms with Gasteiger partial charge in [-0.15, -0.1) is 11.3 Å². The number of nitrogen functional groups attached to an aromatic ring is 1. The van der Waals surface area contributed by atoms with Crippen LogP contribution in [-0.2, 0) is 11.2 Å². The zero-order valence-corrected chi connectivity index (χ0v) is 11.1. The maximum atomic E-state index is 5.60. The first kappa shape index (κ1) is 13.4. The Balaban J connectivity index is 2.37. The number of thiazole rings is 1. The smallest absolute Gasteiger partial charge is 0.180 e. The number of hydrogen-bond acceptors (Lipinski definition) is 5. The van der Waals surface area contributed by atoms with Crippen molar-refractivity contribution in [2.75, 3.05) is 32.5 Å². The van der Waals surface area contributed by atoms with E-state index in [4.69, 9.17) is 10.5 Å². The number of nitrogens with zero attached hydrogens (tertiary/aromatic N) is 2. The minimum Gasteiger partial charge on any atom is -0.383 e. The molecular weight excluding hydrogens is 222 g/mol. The zero-order valence-electron chi connectivity index (χ0n) is 10.3. The van der Waals surface area contributed by atoms with Crippen molar-refractivity contribution in [2.45, 2.75) is 26.3 Å². The Morgan fingerprint density at radius 3 is 2.75 bits per heavy atom. The van der Waals surface area contributed by atoms with E-state index in [1.165, 1.54) is 11.3 Å². The number of nitrogens with two attached hydrogens (primary N) is 1. The third-order valence-electron chi connectivity index (χ3n) is 2.54. The second kappa shape index (κ2) is 6.83. The molecule has 0 spiro atoms. The Bertz CT molecular complexity index is 301. The number of rotatable bonds is 7. The lowest BCUT2D eigenvalue weighted by molar-refractivity contribution is 0.130. The van der Waals surface area contributed by atoms with Gasteiger partial charge in [-0.1, -0.05) is 0 Å². The first-order valence-electron chi connectivity index (χ1n) is 5.56. The summed E-state index contributed by atoms with van der Waals surface area (Å²) in [6, 6.07) is 0.533. The summed E-state index contributed by atoms with van der Waals surface area (Å²) in [4.78, 5) is 6.65. The van der Waals surface area contributed by atoms with Gasteiger partial charge in [0.05, 0.1) is 12.3 Å². The fourth-order valence-corrected chi connectivity index (χ4v) is 2.13. The van der Waals surface area contributed by atoms with Crippen LogP contribution in [0.2, 0.25) is 0 Å². The summed E-state index contributed by atoms with van der Waals surface area (Å²) < 4.78 is 5.10. The highest BCUT2D eigenvalue weighted by molar-refractivity contribution is 7.13. The summed E-state index contributed by atoms with van der Waals surface area (Å²) in [5, 5.41) is 2.69. The molecule has 0 saturated carbocycles. The molecular formula is C11H21N3OS. The Morgan fingerprint density at radius 1 is 1.50 bits per heavy atom. The van der Waals surface area contributed by atoms with Crippen LogP contribution in [0.4, 0.5) is 5.13 Å². The van der Waals surface area contributed by atoms with Crippen molar-refractivity contribution in [2.24, 2.45) is 0 Å². The van der Waals surface area contributed by atoms with Crippen LogP contribution in [0.1, 0.15) is 19.5 Å². The molecule has 0 fully saturated rings. The fraction of sp³-hybridized carbons (Fsp3) is 0.727. The summed E-state index contributed by atoms with van der Waals surface area (Å²) in [5.41, 5.74) is 6.69. The number of anilines is 1. The summed E-state index contributed by atoms with van der Waals surface area (Å²) >= 11 is 1.51. The first-order chi connectivity index (χ1) is 7.63. The van der Waals surface area contributed by atoms with Gasteiger partial charge in [-0.2, -0.15) is 0 Å². The van der Waals surface area contributed by atoms with E-state index in [0.717, 1.165) is 31.8 Å². The van der Waals surface area contributed by atoms with Gasteiger partial charge >= 0.3 is 0 Å². The topological polar surface area (TPSA) is 51.4 Å². The average molecular weight is 243 g/mol. The van der Waals surface area contributed by atoms with E-state index >= 15 is 0 Å². The normalized spacial score (nSPS) is 11.6. The zero-order chi connectivity index (χ0) is 12.0. The predicted octanol–water partition coefficient (Wildman–Crippen LogP) is 1.62. The Labute approximate surface area is 101 Å². The SMILES string of the molecule is COCCN(CCc1csc(N)n1)C(C)C. The molecule has 0 saturated heterocycles. The lowest BCUT2D eigenvalue weighted by Crippen LogP contribution is -2.35. The molecule has 0 aliphatic carbocycles. The van der Waals surface area contributed by atoms with Crippen molar-refractivity contribution in [1.29, 1.82) is 0 Å². The second-order valence-electron chi connectivity index (χ2n) is 4.05. The van der Waals surface area contributed by atoms with Crippen LogP contribution in [0.5, 0.6) is 0 Å². The number of hydrogen-bond donors (Lipinski definition) is 1. The minimum atomic E-state index is 0.533. The van der Waals surface area contributed by atoms with Crippen LogP contribution in [0.25, 0.3) is 0 Å². The lowest BCUT2D eigenvalue weighted by Gasteiger charge is -2.25. The van der Waals surface area contributed by atoms with Crippen molar-refractivity contribution in [1.82, 2.24) is 9.88 Å². The van der Waals surface area contributed by atoms with Gasteiger partial charge in [-0.3, -0.25) is 4.90 Å². The molecule has 0 aliphatic rings. The van der Waals surface area contributed by atoms with Crippen LogP contribution in [0.3, 0.4) is 0 Å². The van der Waals surface area contributed by atoms with Gasteiger partial charge in [0.2, 0.25) is 0 Å². The van der Waals surface area contributed by atoms with Gasteiger partial charge in [0, 0.05) is 38.0 Å². The molecule has 0 aliphatic heterocycles. The van der Waals surface area contributed by atoms with Crippen molar-refractivity contribution >= 4 is 16.5 Å². The van der Waals surface area contributed by atoms with E-state index in [1.807, 2.05) is 5.38 Å². The molecule has 4 nitrogen and oxygen atoms in total. The van der Waals surface area contributed by atoms with Gasteiger partial charge in [0.25, 0.3) is 0 Å². The molecule has 0 atom stereocenters. The Kier molecular flexibility index (Phi) is 5.73. The molecule has 1 heterocycles. The molecule has 16 heavy (non-hydrogen) atoms. The molecule has 0 aromatic carbocycles. The third kappa shape index (κ3) is 4.47. The molecule has 0 radical (unpaired) electrons. The molecule has 1 rings (SSSR count). The maximum Gasteiger partial charge on any atom is 0.180 e. The van der Waals surface area contributed by atoms with E-state index in [1.54, 1.807) is 7.11 Å². The monoisotopic (exact) mass is 243 g/mol. The van der Waals surface area contributed by atoms with Crippen LogP contribution in [0.15, 0.2) is 5.38 Å². The summed E-state index contributed by atoms with van der Waals surface area (Å²) in [5.74, 6) is 0. The number of methoxy groups -OCH3 is 1. The lowest BCUT2D eigenvalue weighted by atomic mass is 10.2. The third-order valence-corrected chi connectivity index (χ3v) is 3.26.